The Morgan fingerprint density at radius 3 is 2.48 bits per heavy atom. The van der Waals surface area contributed by atoms with Crippen LogP contribution in [0.2, 0.25) is 0 Å². The highest BCUT2D eigenvalue weighted by molar-refractivity contribution is 5.80. The predicted molar refractivity (Wildman–Crippen MR) is 109 cm³/mol. The molecule has 0 aromatic heterocycles. The zero-order chi connectivity index (χ0) is 18.9. The van der Waals surface area contributed by atoms with Crippen LogP contribution in [0.5, 0.6) is 0 Å². The fourth-order valence-corrected chi connectivity index (χ4v) is 4.53. The monoisotopic (exact) mass is 381 g/mol. The first-order valence-electron chi connectivity index (χ1n) is 10.8. The number of likely N-dealkylation sites (tertiary alicyclic amines) is 2. The van der Waals surface area contributed by atoms with E-state index in [-0.39, 0.29) is 0 Å². The summed E-state index contributed by atoms with van der Waals surface area (Å²) in [7, 11) is 3.71. The number of aliphatic imine (C=N–C) groups is 1. The predicted octanol–water partition coefficient (Wildman–Crippen LogP) is 0.574. The van der Waals surface area contributed by atoms with Crippen LogP contribution < -0.4 is 5.32 Å². The van der Waals surface area contributed by atoms with Crippen molar-refractivity contribution in [3.05, 3.63) is 0 Å². The summed E-state index contributed by atoms with van der Waals surface area (Å²) in [5, 5.41) is 3.66. The van der Waals surface area contributed by atoms with Gasteiger partial charge in [0.15, 0.2) is 5.96 Å². The summed E-state index contributed by atoms with van der Waals surface area (Å²) in [4.78, 5) is 12.1. The van der Waals surface area contributed by atoms with E-state index in [0.717, 1.165) is 76.9 Å². The molecule has 0 aromatic carbocycles. The lowest BCUT2D eigenvalue weighted by molar-refractivity contribution is 0.0315. The van der Waals surface area contributed by atoms with Gasteiger partial charge in [0, 0.05) is 60.0 Å². The Hall–Kier alpha value is -0.890. The van der Waals surface area contributed by atoms with E-state index >= 15 is 0 Å². The van der Waals surface area contributed by atoms with E-state index in [4.69, 9.17) is 9.47 Å². The fraction of sp³-hybridized carbons (Fsp3) is 0.950. The Morgan fingerprint density at radius 1 is 1.04 bits per heavy atom. The van der Waals surface area contributed by atoms with Crippen LogP contribution in [-0.2, 0) is 9.47 Å². The highest BCUT2D eigenvalue weighted by Crippen LogP contribution is 2.19. The summed E-state index contributed by atoms with van der Waals surface area (Å²) >= 11 is 0. The molecule has 7 heteroatoms. The van der Waals surface area contributed by atoms with E-state index < -0.39 is 0 Å². The third kappa shape index (κ3) is 6.59. The first-order chi connectivity index (χ1) is 13.3. The Morgan fingerprint density at radius 2 is 1.78 bits per heavy atom. The van der Waals surface area contributed by atoms with Crippen LogP contribution in [0.25, 0.3) is 0 Å². The van der Waals surface area contributed by atoms with Gasteiger partial charge in [-0.25, -0.2) is 0 Å². The zero-order valence-electron chi connectivity index (χ0n) is 17.4. The second kappa shape index (κ2) is 11.2. The molecule has 0 spiro atoms. The smallest absolute Gasteiger partial charge is 0.193 e. The van der Waals surface area contributed by atoms with Crippen LogP contribution in [0.3, 0.4) is 0 Å². The molecular formula is C20H39N5O2. The van der Waals surface area contributed by atoms with Crippen molar-refractivity contribution in [1.82, 2.24) is 20.0 Å². The van der Waals surface area contributed by atoms with Gasteiger partial charge >= 0.3 is 0 Å². The molecule has 1 atom stereocenters. The van der Waals surface area contributed by atoms with Gasteiger partial charge in [-0.3, -0.25) is 9.89 Å². The first kappa shape index (κ1) is 20.8. The summed E-state index contributed by atoms with van der Waals surface area (Å²) < 4.78 is 10.7. The Balaban J connectivity index is 1.35. The van der Waals surface area contributed by atoms with Crippen LogP contribution in [0.15, 0.2) is 4.99 Å². The highest BCUT2D eigenvalue weighted by Gasteiger charge is 2.27. The van der Waals surface area contributed by atoms with Gasteiger partial charge in [-0.1, -0.05) is 0 Å². The maximum atomic E-state index is 5.47. The number of methoxy groups -OCH3 is 1. The third-order valence-electron chi connectivity index (χ3n) is 6.28. The average Bonchev–Trinajstić information content (AvgIpc) is 3.17. The molecule has 3 saturated heterocycles. The maximum Gasteiger partial charge on any atom is 0.193 e. The third-order valence-corrected chi connectivity index (χ3v) is 6.28. The molecule has 0 bridgehead atoms. The van der Waals surface area contributed by atoms with Crippen LogP contribution in [0.1, 0.15) is 19.3 Å². The topological polar surface area (TPSA) is 52.6 Å². The molecule has 0 radical (unpaired) electrons. The maximum absolute atomic E-state index is 5.47. The SMILES string of the molecule is CN=C(NCC1CCN(CCOC)CC1)N1CCC(CN2CCOCC2)C1. The van der Waals surface area contributed by atoms with E-state index in [9.17, 15) is 0 Å². The largest absolute Gasteiger partial charge is 0.383 e. The molecule has 7 nitrogen and oxygen atoms in total. The van der Waals surface area contributed by atoms with Gasteiger partial charge in [0.1, 0.15) is 0 Å². The Bertz CT molecular complexity index is 448. The Kier molecular flexibility index (Phi) is 8.64. The van der Waals surface area contributed by atoms with Gasteiger partial charge in [-0.15, -0.1) is 0 Å². The van der Waals surface area contributed by atoms with Crippen LogP contribution >= 0.6 is 0 Å². The number of nitrogens with one attached hydrogen (secondary N) is 1. The minimum atomic E-state index is 0.755. The molecule has 3 aliphatic heterocycles. The standard InChI is InChI=1S/C20H39N5O2/c1-21-20(22-15-18-3-6-23(7-4-18)9-12-26-2)25-8-5-19(17-25)16-24-10-13-27-14-11-24/h18-19H,3-17H2,1-2H3,(H,21,22). The molecule has 156 valence electrons. The molecule has 3 aliphatic rings. The molecule has 27 heavy (non-hydrogen) atoms. The molecule has 3 heterocycles. The van der Waals surface area contributed by atoms with Gasteiger partial charge in [-0.2, -0.15) is 0 Å². The van der Waals surface area contributed by atoms with Crippen molar-refractivity contribution >= 4 is 5.96 Å². The number of nitrogens with zero attached hydrogens (tertiary/aromatic N) is 4. The first-order valence-corrected chi connectivity index (χ1v) is 10.8. The normalized spacial score (nSPS) is 26.7. The number of hydrogen-bond acceptors (Lipinski definition) is 5. The molecule has 3 fully saturated rings. The lowest BCUT2D eigenvalue weighted by Gasteiger charge is -2.32. The second-order valence-electron chi connectivity index (χ2n) is 8.22. The van der Waals surface area contributed by atoms with Crippen molar-refractivity contribution in [1.29, 1.82) is 0 Å². The number of piperidine rings is 1. The quantitative estimate of drug-likeness (QED) is 0.514. The molecule has 0 aliphatic carbocycles. The summed E-state index contributed by atoms with van der Waals surface area (Å²) in [6, 6.07) is 0. The van der Waals surface area contributed by atoms with Gasteiger partial charge in [-0.05, 0) is 44.2 Å². The summed E-state index contributed by atoms with van der Waals surface area (Å²) in [6.07, 6.45) is 3.82. The van der Waals surface area contributed by atoms with E-state index in [1.807, 2.05) is 7.05 Å². The van der Waals surface area contributed by atoms with Crippen molar-refractivity contribution in [2.75, 3.05) is 92.9 Å². The number of morpholine rings is 1. The van der Waals surface area contributed by atoms with Crippen molar-refractivity contribution in [3.63, 3.8) is 0 Å². The lowest BCUT2D eigenvalue weighted by Crippen LogP contribution is -2.45. The second-order valence-corrected chi connectivity index (χ2v) is 8.22. The van der Waals surface area contributed by atoms with Crippen molar-refractivity contribution in [2.45, 2.75) is 19.3 Å². The van der Waals surface area contributed by atoms with Gasteiger partial charge in [0.25, 0.3) is 0 Å². The number of hydrogen-bond donors (Lipinski definition) is 1. The zero-order valence-corrected chi connectivity index (χ0v) is 17.4. The van der Waals surface area contributed by atoms with E-state index in [2.05, 4.69) is 25.0 Å². The minimum Gasteiger partial charge on any atom is -0.383 e. The van der Waals surface area contributed by atoms with Crippen LogP contribution in [0.4, 0.5) is 0 Å². The molecule has 0 saturated carbocycles. The number of rotatable bonds is 7. The van der Waals surface area contributed by atoms with Crippen molar-refractivity contribution in [2.24, 2.45) is 16.8 Å². The van der Waals surface area contributed by atoms with Crippen LogP contribution in [-0.4, -0.2) is 114 Å². The Labute approximate surface area is 165 Å². The molecule has 0 amide bonds. The average molecular weight is 382 g/mol. The molecule has 1 N–H and O–H groups in total. The van der Waals surface area contributed by atoms with E-state index in [0.29, 0.717) is 0 Å². The number of ether oxygens (including phenoxy) is 2. The molecular weight excluding hydrogens is 342 g/mol. The minimum absolute atomic E-state index is 0.755. The highest BCUT2D eigenvalue weighted by atomic mass is 16.5. The lowest BCUT2D eigenvalue weighted by atomic mass is 9.97. The summed E-state index contributed by atoms with van der Waals surface area (Å²) in [5.41, 5.74) is 0. The van der Waals surface area contributed by atoms with Crippen molar-refractivity contribution < 1.29 is 9.47 Å². The van der Waals surface area contributed by atoms with Gasteiger partial charge < -0.3 is 24.6 Å². The van der Waals surface area contributed by atoms with Gasteiger partial charge in [0.05, 0.1) is 19.8 Å². The fourth-order valence-electron chi connectivity index (χ4n) is 4.53. The molecule has 0 aromatic rings. The van der Waals surface area contributed by atoms with Crippen LogP contribution in [0, 0.1) is 11.8 Å². The van der Waals surface area contributed by atoms with E-state index in [1.54, 1.807) is 7.11 Å². The summed E-state index contributed by atoms with van der Waals surface area (Å²) in [5.74, 6) is 2.61. The van der Waals surface area contributed by atoms with Gasteiger partial charge in [0.2, 0.25) is 0 Å². The number of guanidine groups is 1. The summed E-state index contributed by atoms with van der Waals surface area (Å²) in [6.45, 7) is 12.8. The van der Waals surface area contributed by atoms with Crippen molar-refractivity contribution in [3.8, 4) is 0 Å². The van der Waals surface area contributed by atoms with E-state index in [1.165, 1.54) is 38.9 Å². The molecule has 1 unspecified atom stereocenters. The molecule has 3 rings (SSSR count).